The van der Waals surface area contributed by atoms with Crippen LogP contribution in [0.1, 0.15) is 17.4 Å². The third kappa shape index (κ3) is 2.38. The van der Waals surface area contributed by atoms with Crippen molar-refractivity contribution in [1.29, 1.82) is 0 Å². The molecule has 1 atom stereocenters. The minimum Gasteiger partial charge on any atom is -0.496 e. The van der Waals surface area contributed by atoms with Crippen molar-refractivity contribution in [2.24, 2.45) is 0 Å². The molecule has 0 saturated carbocycles. The molecule has 0 amide bonds. The summed E-state index contributed by atoms with van der Waals surface area (Å²) in [5.41, 5.74) is 0.927. The molecular weight excluding hydrogens is 240 g/mol. The lowest BCUT2D eigenvalue weighted by molar-refractivity contribution is 0.209. The van der Waals surface area contributed by atoms with Gasteiger partial charge in [0.25, 0.3) is 0 Å². The van der Waals surface area contributed by atoms with E-state index in [-0.39, 0.29) is 5.15 Å². The van der Waals surface area contributed by atoms with Gasteiger partial charge in [0, 0.05) is 18.0 Å². The van der Waals surface area contributed by atoms with Gasteiger partial charge in [-0.2, -0.15) is 0 Å². The van der Waals surface area contributed by atoms with Gasteiger partial charge in [0.1, 0.15) is 17.5 Å². The fraction of sp³-hybridized carbons (Fsp3) is 0.167. The van der Waals surface area contributed by atoms with Crippen LogP contribution in [0, 0.1) is 0 Å². The Bertz CT molecular complexity index is 519. The van der Waals surface area contributed by atoms with Crippen molar-refractivity contribution in [3.05, 3.63) is 53.1 Å². The van der Waals surface area contributed by atoms with E-state index >= 15 is 0 Å². The number of aliphatic hydroxyl groups excluding tert-OH is 1. The average molecular weight is 251 g/mol. The zero-order valence-corrected chi connectivity index (χ0v) is 9.93. The second-order valence-electron chi connectivity index (χ2n) is 3.38. The Morgan fingerprint density at radius 3 is 2.65 bits per heavy atom. The molecule has 0 fully saturated rings. The first kappa shape index (κ1) is 11.8. The van der Waals surface area contributed by atoms with Gasteiger partial charge in [-0.3, -0.25) is 4.98 Å². The molecule has 0 saturated heterocycles. The zero-order chi connectivity index (χ0) is 12.3. The van der Waals surface area contributed by atoms with Crippen LogP contribution in [-0.4, -0.2) is 22.2 Å². The minimum atomic E-state index is -0.952. The Labute approximate surface area is 104 Å². The lowest BCUT2D eigenvalue weighted by Crippen LogP contribution is -2.05. The Morgan fingerprint density at radius 2 is 1.94 bits per heavy atom. The molecule has 0 radical (unpaired) electrons. The van der Waals surface area contributed by atoms with Crippen LogP contribution in [0.4, 0.5) is 0 Å². The van der Waals surface area contributed by atoms with Gasteiger partial charge in [-0.25, -0.2) is 4.98 Å². The monoisotopic (exact) mass is 250 g/mol. The van der Waals surface area contributed by atoms with E-state index in [1.807, 2.05) is 12.1 Å². The SMILES string of the molecule is COc1ccccc1C(O)c1nccnc1Cl. The molecule has 4 nitrogen and oxygen atoms in total. The number of nitrogens with zero attached hydrogens (tertiary/aromatic N) is 2. The summed E-state index contributed by atoms with van der Waals surface area (Å²) in [5.74, 6) is 0.585. The molecule has 2 aromatic rings. The van der Waals surface area contributed by atoms with Crippen molar-refractivity contribution in [2.75, 3.05) is 7.11 Å². The first-order valence-electron chi connectivity index (χ1n) is 5.01. The third-order valence-corrected chi connectivity index (χ3v) is 2.66. The standard InChI is InChI=1S/C12H11ClN2O2/c1-17-9-5-3-2-4-8(9)11(16)10-12(13)15-7-6-14-10/h2-7,11,16H,1H3. The summed E-state index contributed by atoms with van der Waals surface area (Å²) < 4.78 is 5.18. The predicted molar refractivity (Wildman–Crippen MR) is 64.1 cm³/mol. The van der Waals surface area contributed by atoms with Gasteiger partial charge in [-0.15, -0.1) is 0 Å². The topological polar surface area (TPSA) is 55.2 Å². The van der Waals surface area contributed by atoms with E-state index in [2.05, 4.69) is 9.97 Å². The molecule has 0 aliphatic carbocycles. The van der Waals surface area contributed by atoms with Crippen molar-refractivity contribution in [1.82, 2.24) is 9.97 Å². The molecule has 2 rings (SSSR count). The molecule has 0 spiro atoms. The Kier molecular flexibility index (Phi) is 3.56. The van der Waals surface area contributed by atoms with E-state index in [4.69, 9.17) is 16.3 Å². The highest BCUT2D eigenvalue weighted by Gasteiger charge is 2.19. The van der Waals surface area contributed by atoms with Crippen LogP contribution in [0.25, 0.3) is 0 Å². The number of benzene rings is 1. The van der Waals surface area contributed by atoms with Crippen LogP contribution in [0.3, 0.4) is 0 Å². The van der Waals surface area contributed by atoms with Crippen LogP contribution in [-0.2, 0) is 0 Å². The van der Waals surface area contributed by atoms with Crippen molar-refractivity contribution in [3.63, 3.8) is 0 Å². The fourth-order valence-corrected chi connectivity index (χ4v) is 1.76. The van der Waals surface area contributed by atoms with Crippen molar-refractivity contribution >= 4 is 11.6 Å². The minimum absolute atomic E-state index is 0.186. The summed E-state index contributed by atoms with van der Waals surface area (Å²) in [6.45, 7) is 0. The molecule has 17 heavy (non-hydrogen) atoms. The largest absolute Gasteiger partial charge is 0.496 e. The number of aromatic nitrogens is 2. The normalized spacial score (nSPS) is 12.2. The van der Waals surface area contributed by atoms with E-state index in [0.717, 1.165) is 0 Å². The van der Waals surface area contributed by atoms with E-state index in [9.17, 15) is 5.11 Å². The lowest BCUT2D eigenvalue weighted by atomic mass is 10.1. The number of para-hydroxylation sites is 1. The second-order valence-corrected chi connectivity index (χ2v) is 3.73. The summed E-state index contributed by atoms with van der Waals surface area (Å²) in [6.07, 6.45) is 2.01. The highest BCUT2D eigenvalue weighted by atomic mass is 35.5. The highest BCUT2D eigenvalue weighted by Crippen LogP contribution is 2.30. The maximum absolute atomic E-state index is 10.2. The molecule has 0 aliphatic rings. The molecule has 1 aromatic heterocycles. The smallest absolute Gasteiger partial charge is 0.153 e. The summed E-state index contributed by atoms with van der Waals surface area (Å²) in [7, 11) is 1.55. The number of methoxy groups -OCH3 is 1. The van der Waals surface area contributed by atoms with Gasteiger partial charge in [-0.05, 0) is 6.07 Å². The van der Waals surface area contributed by atoms with Crippen molar-refractivity contribution in [2.45, 2.75) is 6.10 Å². The van der Waals surface area contributed by atoms with Gasteiger partial charge in [0.15, 0.2) is 5.15 Å². The van der Waals surface area contributed by atoms with E-state index < -0.39 is 6.10 Å². The number of hydrogen-bond donors (Lipinski definition) is 1. The summed E-state index contributed by atoms with van der Waals surface area (Å²) in [6, 6.07) is 7.16. The molecule has 1 N–H and O–H groups in total. The first-order valence-corrected chi connectivity index (χ1v) is 5.39. The van der Waals surface area contributed by atoms with Crippen LogP contribution >= 0.6 is 11.6 Å². The predicted octanol–water partition coefficient (Wildman–Crippen LogP) is 2.22. The molecule has 0 bridgehead atoms. The van der Waals surface area contributed by atoms with Crippen LogP contribution in [0.5, 0.6) is 5.75 Å². The number of ether oxygens (including phenoxy) is 1. The third-order valence-electron chi connectivity index (χ3n) is 2.37. The summed E-state index contributed by atoms with van der Waals surface area (Å²) in [5, 5.41) is 10.4. The number of hydrogen-bond acceptors (Lipinski definition) is 4. The van der Waals surface area contributed by atoms with Crippen molar-refractivity contribution < 1.29 is 9.84 Å². The van der Waals surface area contributed by atoms with Crippen LogP contribution < -0.4 is 4.74 Å². The molecule has 88 valence electrons. The summed E-state index contributed by atoms with van der Waals surface area (Å²) >= 11 is 5.89. The second kappa shape index (κ2) is 5.12. The number of aliphatic hydroxyl groups is 1. The number of rotatable bonds is 3. The Morgan fingerprint density at radius 1 is 1.24 bits per heavy atom. The van der Waals surface area contributed by atoms with Gasteiger partial charge >= 0.3 is 0 Å². The van der Waals surface area contributed by atoms with E-state index in [1.165, 1.54) is 12.4 Å². The van der Waals surface area contributed by atoms with Gasteiger partial charge in [-0.1, -0.05) is 29.8 Å². The van der Waals surface area contributed by atoms with Gasteiger partial charge in [0.05, 0.1) is 7.11 Å². The maximum Gasteiger partial charge on any atom is 0.153 e. The quantitative estimate of drug-likeness (QED) is 0.908. The van der Waals surface area contributed by atoms with Crippen LogP contribution in [0.2, 0.25) is 5.15 Å². The molecule has 1 aromatic carbocycles. The molecule has 0 aliphatic heterocycles. The Hall–Kier alpha value is -1.65. The van der Waals surface area contributed by atoms with E-state index in [1.54, 1.807) is 19.2 Å². The van der Waals surface area contributed by atoms with Crippen molar-refractivity contribution in [3.8, 4) is 5.75 Å². The zero-order valence-electron chi connectivity index (χ0n) is 9.17. The number of halogens is 1. The van der Waals surface area contributed by atoms with Crippen LogP contribution in [0.15, 0.2) is 36.7 Å². The van der Waals surface area contributed by atoms with Gasteiger partial charge in [0.2, 0.25) is 0 Å². The summed E-state index contributed by atoms with van der Waals surface area (Å²) in [4.78, 5) is 7.91. The Balaban J connectivity index is 2.44. The molecular formula is C12H11ClN2O2. The highest BCUT2D eigenvalue weighted by molar-refractivity contribution is 6.30. The maximum atomic E-state index is 10.2. The molecule has 1 heterocycles. The first-order chi connectivity index (χ1) is 8.24. The van der Waals surface area contributed by atoms with Gasteiger partial charge < -0.3 is 9.84 Å². The van der Waals surface area contributed by atoms with E-state index in [0.29, 0.717) is 17.0 Å². The average Bonchev–Trinajstić information content (AvgIpc) is 2.38. The molecule has 5 heteroatoms. The molecule has 1 unspecified atom stereocenters. The lowest BCUT2D eigenvalue weighted by Gasteiger charge is -2.14. The fourth-order valence-electron chi connectivity index (χ4n) is 1.55.